The van der Waals surface area contributed by atoms with Crippen molar-refractivity contribution in [3.63, 3.8) is 0 Å². The number of likely N-dealkylation sites (tertiary alicyclic amines) is 1. The summed E-state index contributed by atoms with van der Waals surface area (Å²) in [4.78, 5) is 26.8. The van der Waals surface area contributed by atoms with Crippen LogP contribution in [0.15, 0.2) is 24.3 Å². The Morgan fingerprint density at radius 2 is 1.63 bits per heavy atom. The standard InChI is InChI=1S/C22H30N2O3/c25-21(23-20-5-6-20)18-3-1-16(2-4-18)15-17-7-11-24(12-8-17)22(26)19-9-13-27-14-10-19/h1-4,17,19-20H,5-15H2,(H,23,25). The second-order valence-electron chi connectivity index (χ2n) is 8.30. The number of hydrogen-bond donors (Lipinski definition) is 1. The van der Waals surface area contributed by atoms with Crippen LogP contribution in [0.2, 0.25) is 0 Å². The Balaban J connectivity index is 1.24. The number of benzene rings is 1. The molecule has 2 saturated heterocycles. The van der Waals surface area contributed by atoms with Crippen LogP contribution in [0.3, 0.4) is 0 Å². The SMILES string of the molecule is O=C(NC1CC1)c1ccc(CC2CCN(C(=O)C3CCOCC3)CC2)cc1. The van der Waals surface area contributed by atoms with Crippen LogP contribution in [0.1, 0.15) is 54.4 Å². The molecular weight excluding hydrogens is 340 g/mol. The van der Waals surface area contributed by atoms with Crippen molar-refractivity contribution in [3.8, 4) is 0 Å². The smallest absolute Gasteiger partial charge is 0.251 e. The fourth-order valence-corrected chi connectivity index (χ4v) is 4.18. The Kier molecular flexibility index (Phi) is 5.77. The third-order valence-electron chi connectivity index (χ3n) is 6.15. The van der Waals surface area contributed by atoms with Crippen molar-refractivity contribution in [1.29, 1.82) is 0 Å². The van der Waals surface area contributed by atoms with E-state index in [0.717, 1.165) is 76.8 Å². The minimum atomic E-state index is 0.0454. The van der Waals surface area contributed by atoms with Crippen molar-refractivity contribution in [2.24, 2.45) is 11.8 Å². The fraction of sp³-hybridized carbons (Fsp3) is 0.636. The van der Waals surface area contributed by atoms with Crippen molar-refractivity contribution in [2.75, 3.05) is 26.3 Å². The van der Waals surface area contributed by atoms with Gasteiger partial charge < -0.3 is 15.0 Å². The lowest BCUT2D eigenvalue weighted by atomic mass is 9.89. The number of carbonyl (C=O) groups is 2. The number of nitrogens with one attached hydrogen (secondary N) is 1. The second-order valence-corrected chi connectivity index (χ2v) is 8.30. The molecule has 1 aromatic rings. The van der Waals surface area contributed by atoms with Gasteiger partial charge in [-0.15, -0.1) is 0 Å². The van der Waals surface area contributed by atoms with Gasteiger partial charge in [0, 0.05) is 43.8 Å². The van der Waals surface area contributed by atoms with Crippen molar-refractivity contribution in [1.82, 2.24) is 10.2 Å². The number of carbonyl (C=O) groups excluding carboxylic acids is 2. The van der Waals surface area contributed by atoms with Crippen LogP contribution in [-0.4, -0.2) is 49.1 Å². The highest BCUT2D eigenvalue weighted by Crippen LogP contribution is 2.25. The lowest BCUT2D eigenvalue weighted by Gasteiger charge is -2.35. The predicted octanol–water partition coefficient (Wildman–Crippen LogP) is 2.79. The van der Waals surface area contributed by atoms with E-state index < -0.39 is 0 Å². The molecule has 2 aliphatic heterocycles. The van der Waals surface area contributed by atoms with Crippen molar-refractivity contribution >= 4 is 11.8 Å². The molecule has 0 radical (unpaired) electrons. The van der Waals surface area contributed by atoms with E-state index in [1.165, 1.54) is 5.56 Å². The molecule has 5 heteroatoms. The molecule has 146 valence electrons. The average molecular weight is 370 g/mol. The van der Waals surface area contributed by atoms with E-state index in [-0.39, 0.29) is 11.8 Å². The van der Waals surface area contributed by atoms with E-state index >= 15 is 0 Å². The highest BCUT2D eigenvalue weighted by atomic mass is 16.5. The van der Waals surface area contributed by atoms with Crippen LogP contribution in [0.25, 0.3) is 0 Å². The highest BCUT2D eigenvalue weighted by Gasteiger charge is 2.29. The largest absolute Gasteiger partial charge is 0.381 e. The quantitative estimate of drug-likeness (QED) is 0.867. The molecule has 0 bridgehead atoms. The van der Waals surface area contributed by atoms with E-state index in [9.17, 15) is 9.59 Å². The molecule has 1 aromatic carbocycles. The molecule has 5 nitrogen and oxygen atoms in total. The predicted molar refractivity (Wildman–Crippen MR) is 103 cm³/mol. The molecular formula is C22H30N2O3. The van der Waals surface area contributed by atoms with Crippen molar-refractivity contribution in [2.45, 2.75) is 51.0 Å². The van der Waals surface area contributed by atoms with Crippen LogP contribution in [0.4, 0.5) is 0 Å². The van der Waals surface area contributed by atoms with E-state index in [2.05, 4.69) is 22.3 Å². The first-order valence-corrected chi connectivity index (χ1v) is 10.5. The molecule has 2 amide bonds. The minimum absolute atomic E-state index is 0.0454. The Labute approximate surface area is 161 Å². The zero-order valence-electron chi connectivity index (χ0n) is 16.0. The summed E-state index contributed by atoms with van der Waals surface area (Å²) >= 11 is 0. The Bertz CT molecular complexity index is 655. The zero-order chi connectivity index (χ0) is 18.6. The summed E-state index contributed by atoms with van der Waals surface area (Å²) < 4.78 is 5.37. The van der Waals surface area contributed by atoms with Crippen LogP contribution >= 0.6 is 0 Å². The van der Waals surface area contributed by atoms with Gasteiger partial charge in [-0.1, -0.05) is 12.1 Å². The van der Waals surface area contributed by atoms with Gasteiger partial charge in [0.25, 0.3) is 5.91 Å². The third kappa shape index (κ3) is 4.89. The number of piperidine rings is 1. The van der Waals surface area contributed by atoms with E-state index in [0.29, 0.717) is 17.9 Å². The van der Waals surface area contributed by atoms with Gasteiger partial charge in [0.15, 0.2) is 0 Å². The third-order valence-corrected chi connectivity index (χ3v) is 6.15. The molecule has 1 saturated carbocycles. The van der Waals surface area contributed by atoms with Gasteiger partial charge in [-0.3, -0.25) is 9.59 Å². The van der Waals surface area contributed by atoms with Gasteiger partial charge in [-0.05, 0) is 68.6 Å². The van der Waals surface area contributed by atoms with Crippen molar-refractivity contribution in [3.05, 3.63) is 35.4 Å². The molecule has 3 aliphatic rings. The summed E-state index contributed by atoms with van der Waals surface area (Å²) in [7, 11) is 0. The molecule has 1 aliphatic carbocycles. The summed E-state index contributed by atoms with van der Waals surface area (Å²) in [5.41, 5.74) is 2.04. The molecule has 27 heavy (non-hydrogen) atoms. The first-order valence-electron chi connectivity index (χ1n) is 10.5. The Hall–Kier alpha value is -1.88. The lowest BCUT2D eigenvalue weighted by Crippen LogP contribution is -2.43. The van der Waals surface area contributed by atoms with Gasteiger partial charge in [-0.2, -0.15) is 0 Å². The molecule has 0 spiro atoms. The summed E-state index contributed by atoms with van der Waals surface area (Å²) in [6.07, 6.45) is 7.14. The molecule has 2 heterocycles. The zero-order valence-corrected chi connectivity index (χ0v) is 16.0. The molecule has 0 unspecified atom stereocenters. The molecule has 3 fully saturated rings. The van der Waals surface area contributed by atoms with Gasteiger partial charge in [0.1, 0.15) is 0 Å². The van der Waals surface area contributed by atoms with Crippen LogP contribution < -0.4 is 5.32 Å². The maximum atomic E-state index is 12.6. The number of amides is 2. The molecule has 0 aromatic heterocycles. The van der Waals surface area contributed by atoms with Gasteiger partial charge >= 0.3 is 0 Å². The molecule has 4 rings (SSSR count). The number of ether oxygens (including phenoxy) is 1. The topological polar surface area (TPSA) is 58.6 Å². The summed E-state index contributed by atoms with van der Waals surface area (Å²) in [5, 5.41) is 3.03. The van der Waals surface area contributed by atoms with Crippen molar-refractivity contribution < 1.29 is 14.3 Å². The highest BCUT2D eigenvalue weighted by molar-refractivity contribution is 5.94. The number of nitrogens with zero attached hydrogens (tertiary/aromatic N) is 1. The summed E-state index contributed by atoms with van der Waals surface area (Å²) in [5.74, 6) is 1.17. The van der Waals surface area contributed by atoms with Gasteiger partial charge in [-0.25, -0.2) is 0 Å². The minimum Gasteiger partial charge on any atom is -0.381 e. The average Bonchev–Trinajstić information content (AvgIpc) is 3.53. The lowest BCUT2D eigenvalue weighted by molar-refractivity contribution is -0.139. The van der Waals surface area contributed by atoms with E-state index in [1.54, 1.807) is 0 Å². The van der Waals surface area contributed by atoms with Crippen LogP contribution in [-0.2, 0) is 16.0 Å². The van der Waals surface area contributed by atoms with E-state index in [1.807, 2.05) is 12.1 Å². The van der Waals surface area contributed by atoms with E-state index in [4.69, 9.17) is 4.74 Å². The Morgan fingerprint density at radius 1 is 0.963 bits per heavy atom. The van der Waals surface area contributed by atoms with Gasteiger partial charge in [0.2, 0.25) is 5.91 Å². The number of rotatable bonds is 5. The number of hydrogen-bond acceptors (Lipinski definition) is 3. The Morgan fingerprint density at radius 3 is 2.26 bits per heavy atom. The van der Waals surface area contributed by atoms with Crippen LogP contribution in [0, 0.1) is 11.8 Å². The maximum absolute atomic E-state index is 12.6. The normalized spacial score (nSPS) is 21.9. The fourth-order valence-electron chi connectivity index (χ4n) is 4.18. The van der Waals surface area contributed by atoms with Gasteiger partial charge in [0.05, 0.1) is 0 Å². The molecule has 1 N–H and O–H groups in total. The summed E-state index contributed by atoms with van der Waals surface area (Å²) in [6.45, 7) is 3.20. The monoisotopic (exact) mass is 370 g/mol. The molecule has 0 atom stereocenters. The first-order chi connectivity index (χ1) is 13.2. The summed E-state index contributed by atoms with van der Waals surface area (Å²) in [6, 6.07) is 8.45. The van der Waals surface area contributed by atoms with Crippen LogP contribution in [0.5, 0.6) is 0 Å². The first kappa shape index (κ1) is 18.5. The maximum Gasteiger partial charge on any atom is 0.251 e. The second kappa shape index (κ2) is 8.42.